The predicted octanol–water partition coefficient (Wildman–Crippen LogP) is 2.03. The van der Waals surface area contributed by atoms with Gasteiger partial charge in [-0.15, -0.1) is 11.3 Å². The highest BCUT2D eigenvalue weighted by Gasteiger charge is 2.43. The molecule has 0 saturated carbocycles. The largest absolute Gasteiger partial charge is 0.334 e. The number of rotatable bonds is 7. The average molecular weight is 388 g/mol. The van der Waals surface area contributed by atoms with Gasteiger partial charge in [-0.1, -0.05) is 13.3 Å². The monoisotopic (exact) mass is 388 g/mol. The fraction of sp³-hybridized carbons (Fsp3) is 0.500. The molecule has 2 aliphatic rings. The number of hydrogen-bond donors (Lipinski definition) is 1. The van der Waals surface area contributed by atoms with Crippen LogP contribution in [-0.4, -0.2) is 46.6 Å². The Labute approximate surface area is 160 Å². The van der Waals surface area contributed by atoms with Crippen LogP contribution in [0.3, 0.4) is 0 Å². The Morgan fingerprint density at radius 2 is 1.89 bits per heavy atom. The number of anilines is 1. The molecule has 1 aromatic heterocycles. The minimum Gasteiger partial charge on any atom is -0.317 e. The number of thiophene rings is 1. The minimum absolute atomic E-state index is 0.125. The Bertz CT molecular complexity index is 854. The molecule has 8 nitrogen and oxygen atoms in total. The first-order chi connectivity index (χ1) is 13.0. The van der Waals surface area contributed by atoms with E-state index in [-0.39, 0.29) is 19.5 Å². The molecule has 9 heteroatoms. The van der Waals surface area contributed by atoms with Crippen molar-refractivity contribution < 1.29 is 19.2 Å². The van der Waals surface area contributed by atoms with Crippen LogP contribution in [0.1, 0.15) is 48.6 Å². The SMILES string of the molecule is CCCCN1C(=O)C(=O)N(CCC(=O)Nc2sc3c(c2C#N)CCC3)C1=O. The average Bonchev–Trinajstić information content (AvgIpc) is 3.26. The molecule has 0 bridgehead atoms. The Morgan fingerprint density at radius 1 is 1.19 bits per heavy atom. The molecule has 3 rings (SSSR count). The predicted molar refractivity (Wildman–Crippen MR) is 98.0 cm³/mol. The molecule has 1 saturated heterocycles. The third-order valence-corrected chi connectivity index (χ3v) is 5.93. The molecule has 0 radical (unpaired) electrons. The van der Waals surface area contributed by atoms with E-state index in [0.29, 0.717) is 17.0 Å². The van der Waals surface area contributed by atoms with E-state index < -0.39 is 23.8 Å². The maximum Gasteiger partial charge on any atom is 0.334 e. The maximum atomic E-state index is 12.3. The zero-order valence-electron chi connectivity index (χ0n) is 15.0. The second-order valence-electron chi connectivity index (χ2n) is 6.52. The van der Waals surface area contributed by atoms with Crippen molar-refractivity contribution >= 4 is 40.1 Å². The number of unbranched alkanes of at least 4 members (excludes halogenated alkanes) is 1. The summed E-state index contributed by atoms with van der Waals surface area (Å²) < 4.78 is 0. The highest BCUT2D eigenvalue weighted by Crippen LogP contribution is 2.38. The van der Waals surface area contributed by atoms with E-state index in [4.69, 9.17) is 0 Å². The van der Waals surface area contributed by atoms with Gasteiger partial charge < -0.3 is 5.32 Å². The molecular weight excluding hydrogens is 368 g/mol. The standard InChI is InChI=1S/C18H20N4O4S/c1-2-3-8-21-16(24)17(25)22(18(21)26)9-7-14(23)20-15-12(10-19)11-5-4-6-13(11)27-15/h2-9H2,1H3,(H,20,23). The molecule has 0 unspecified atom stereocenters. The number of hydrogen-bond acceptors (Lipinski definition) is 6. The van der Waals surface area contributed by atoms with Crippen LogP contribution in [0.5, 0.6) is 0 Å². The van der Waals surface area contributed by atoms with Crippen molar-refractivity contribution in [2.75, 3.05) is 18.4 Å². The Kier molecular flexibility index (Phi) is 5.56. The lowest BCUT2D eigenvalue weighted by atomic mass is 10.1. The molecule has 1 aliphatic carbocycles. The number of nitrogens with zero attached hydrogens (tertiary/aromatic N) is 3. The third-order valence-electron chi connectivity index (χ3n) is 4.72. The van der Waals surface area contributed by atoms with Gasteiger partial charge in [-0.05, 0) is 31.2 Å². The number of carbonyl (C=O) groups is 4. The minimum atomic E-state index is -0.892. The Morgan fingerprint density at radius 3 is 2.56 bits per heavy atom. The molecule has 2 heterocycles. The van der Waals surface area contributed by atoms with Crippen molar-refractivity contribution in [2.45, 2.75) is 45.4 Å². The van der Waals surface area contributed by atoms with E-state index in [9.17, 15) is 24.4 Å². The van der Waals surface area contributed by atoms with Crippen molar-refractivity contribution in [1.82, 2.24) is 9.80 Å². The molecule has 1 fully saturated rings. The van der Waals surface area contributed by atoms with Crippen LogP contribution in [0.2, 0.25) is 0 Å². The van der Waals surface area contributed by atoms with E-state index in [1.807, 2.05) is 6.92 Å². The van der Waals surface area contributed by atoms with E-state index >= 15 is 0 Å². The number of aryl methyl sites for hydroxylation is 1. The molecule has 0 aromatic carbocycles. The van der Waals surface area contributed by atoms with Crippen LogP contribution >= 0.6 is 11.3 Å². The highest BCUT2D eigenvalue weighted by molar-refractivity contribution is 7.16. The molecular formula is C18H20N4O4S. The summed E-state index contributed by atoms with van der Waals surface area (Å²) in [7, 11) is 0. The summed E-state index contributed by atoms with van der Waals surface area (Å²) in [4.78, 5) is 51.3. The first kappa shape index (κ1) is 19.0. The van der Waals surface area contributed by atoms with Crippen LogP contribution in [0.15, 0.2) is 0 Å². The lowest BCUT2D eigenvalue weighted by Gasteiger charge is -2.15. The molecule has 5 amide bonds. The molecule has 0 spiro atoms. The van der Waals surface area contributed by atoms with Gasteiger partial charge in [-0.3, -0.25) is 24.2 Å². The van der Waals surface area contributed by atoms with Crippen molar-refractivity contribution in [3.8, 4) is 6.07 Å². The first-order valence-electron chi connectivity index (χ1n) is 8.99. The van der Waals surface area contributed by atoms with Gasteiger partial charge in [0.15, 0.2) is 0 Å². The fourth-order valence-electron chi connectivity index (χ4n) is 3.27. The number of urea groups is 1. The summed E-state index contributed by atoms with van der Waals surface area (Å²) in [6, 6.07) is 1.48. The van der Waals surface area contributed by atoms with Gasteiger partial charge in [0.1, 0.15) is 11.1 Å². The molecule has 142 valence electrons. The fourth-order valence-corrected chi connectivity index (χ4v) is 4.53. The molecule has 27 heavy (non-hydrogen) atoms. The van der Waals surface area contributed by atoms with Crippen LogP contribution in [-0.2, 0) is 27.2 Å². The van der Waals surface area contributed by atoms with E-state index in [1.54, 1.807) is 0 Å². The quantitative estimate of drug-likeness (QED) is 0.567. The van der Waals surface area contributed by atoms with Crippen molar-refractivity contribution in [2.24, 2.45) is 0 Å². The van der Waals surface area contributed by atoms with Gasteiger partial charge in [-0.25, -0.2) is 4.79 Å². The number of carbonyl (C=O) groups excluding carboxylic acids is 4. The van der Waals surface area contributed by atoms with E-state index in [2.05, 4.69) is 11.4 Å². The van der Waals surface area contributed by atoms with Gasteiger partial charge in [0.2, 0.25) is 5.91 Å². The summed E-state index contributed by atoms with van der Waals surface area (Å²) in [5.41, 5.74) is 1.52. The topological polar surface area (TPSA) is 111 Å². The smallest absolute Gasteiger partial charge is 0.317 e. The van der Waals surface area contributed by atoms with Crippen LogP contribution in [0.4, 0.5) is 9.80 Å². The third kappa shape index (κ3) is 3.57. The van der Waals surface area contributed by atoms with Crippen molar-refractivity contribution in [3.63, 3.8) is 0 Å². The number of amides is 5. The van der Waals surface area contributed by atoms with Crippen LogP contribution in [0, 0.1) is 11.3 Å². The molecule has 1 aliphatic heterocycles. The number of nitriles is 1. The number of imide groups is 2. The van der Waals surface area contributed by atoms with E-state index in [0.717, 1.165) is 45.9 Å². The number of nitrogens with one attached hydrogen (secondary N) is 1. The van der Waals surface area contributed by atoms with Gasteiger partial charge in [0.05, 0.1) is 5.56 Å². The summed E-state index contributed by atoms with van der Waals surface area (Å²) in [5.74, 6) is -2.13. The lowest BCUT2D eigenvalue weighted by molar-refractivity contribution is -0.143. The highest BCUT2D eigenvalue weighted by atomic mass is 32.1. The van der Waals surface area contributed by atoms with Gasteiger partial charge in [-0.2, -0.15) is 5.26 Å². The zero-order chi connectivity index (χ0) is 19.6. The Balaban J connectivity index is 1.60. The van der Waals surface area contributed by atoms with Gasteiger partial charge >= 0.3 is 17.8 Å². The van der Waals surface area contributed by atoms with Crippen molar-refractivity contribution in [3.05, 3.63) is 16.0 Å². The summed E-state index contributed by atoms with van der Waals surface area (Å²) in [5, 5.41) is 12.6. The zero-order valence-corrected chi connectivity index (χ0v) is 15.9. The number of fused-ring (bicyclic) bond motifs is 1. The molecule has 0 atom stereocenters. The first-order valence-corrected chi connectivity index (χ1v) is 9.81. The van der Waals surface area contributed by atoms with Crippen molar-refractivity contribution in [1.29, 1.82) is 5.26 Å². The Hall–Kier alpha value is -2.73. The summed E-state index contributed by atoms with van der Waals surface area (Å²) in [6.45, 7) is 1.96. The van der Waals surface area contributed by atoms with Crippen LogP contribution in [0.25, 0.3) is 0 Å². The van der Waals surface area contributed by atoms with Gasteiger partial charge in [0.25, 0.3) is 0 Å². The second-order valence-corrected chi connectivity index (χ2v) is 7.63. The van der Waals surface area contributed by atoms with Crippen LogP contribution < -0.4 is 5.32 Å². The lowest BCUT2D eigenvalue weighted by Crippen LogP contribution is -2.35. The second kappa shape index (κ2) is 7.88. The molecule has 1 N–H and O–H groups in total. The summed E-state index contributed by atoms with van der Waals surface area (Å²) in [6.07, 6.45) is 4.07. The van der Waals surface area contributed by atoms with E-state index in [1.165, 1.54) is 11.3 Å². The maximum absolute atomic E-state index is 12.3. The normalized spacial score (nSPS) is 16.1. The summed E-state index contributed by atoms with van der Waals surface area (Å²) >= 11 is 1.41. The van der Waals surface area contributed by atoms with Gasteiger partial charge in [0, 0.05) is 24.4 Å². The molecule has 1 aromatic rings.